The minimum atomic E-state index is -0.0602. The van der Waals surface area contributed by atoms with Crippen LogP contribution in [0.3, 0.4) is 0 Å². The molecule has 3 heteroatoms. The van der Waals surface area contributed by atoms with Gasteiger partial charge in [0.15, 0.2) is 0 Å². The van der Waals surface area contributed by atoms with Crippen LogP contribution in [0.15, 0.2) is 0 Å². The zero-order valence-corrected chi connectivity index (χ0v) is 5.37. The van der Waals surface area contributed by atoms with Gasteiger partial charge in [0, 0.05) is 6.54 Å². The van der Waals surface area contributed by atoms with Crippen molar-refractivity contribution in [3.05, 3.63) is 6.61 Å². The summed E-state index contributed by atoms with van der Waals surface area (Å²) in [6.45, 7) is 2.97. The fourth-order valence-corrected chi connectivity index (χ4v) is 0.720. The number of ether oxygens (including phenoxy) is 1. The van der Waals surface area contributed by atoms with Gasteiger partial charge in [0.05, 0.1) is 19.3 Å². The Hall–Kier alpha value is -0.590. The van der Waals surface area contributed by atoms with Crippen LogP contribution in [-0.2, 0) is 4.74 Å². The van der Waals surface area contributed by atoms with Crippen LogP contribution in [0.5, 0.6) is 0 Å². The summed E-state index contributed by atoms with van der Waals surface area (Å²) in [4.78, 5) is 1.95. The molecule has 1 unspecified atom stereocenters. The molecule has 0 aromatic carbocycles. The first-order chi connectivity index (χ1) is 4.34. The molecule has 1 heterocycles. The van der Waals surface area contributed by atoms with Gasteiger partial charge in [-0.2, -0.15) is 5.26 Å². The first-order valence-electron chi connectivity index (χ1n) is 2.87. The lowest BCUT2D eigenvalue weighted by Crippen LogP contribution is -2.39. The van der Waals surface area contributed by atoms with Crippen LogP contribution in [0, 0.1) is 17.9 Å². The highest BCUT2D eigenvalue weighted by Crippen LogP contribution is 2.04. The maximum atomic E-state index is 8.48. The van der Waals surface area contributed by atoms with Gasteiger partial charge >= 0.3 is 0 Å². The second kappa shape index (κ2) is 2.81. The van der Waals surface area contributed by atoms with Crippen molar-refractivity contribution in [2.45, 2.75) is 6.04 Å². The summed E-state index contributed by atoms with van der Waals surface area (Å²) in [6.07, 6.45) is 0. The van der Waals surface area contributed by atoms with E-state index in [0.29, 0.717) is 6.61 Å². The highest BCUT2D eigenvalue weighted by molar-refractivity contribution is 4.93. The second-order valence-electron chi connectivity index (χ2n) is 2.08. The molecule has 1 atom stereocenters. The van der Waals surface area contributed by atoms with Crippen LogP contribution < -0.4 is 0 Å². The van der Waals surface area contributed by atoms with Crippen LogP contribution in [0.25, 0.3) is 0 Å². The molecule has 0 aromatic rings. The fourth-order valence-electron chi connectivity index (χ4n) is 0.720. The van der Waals surface area contributed by atoms with E-state index in [1.54, 1.807) is 6.61 Å². The Kier molecular flexibility index (Phi) is 2.04. The molecule has 0 N–H and O–H groups in total. The Bertz CT molecular complexity index is 130. The summed E-state index contributed by atoms with van der Waals surface area (Å²) in [5.74, 6) is 0. The van der Waals surface area contributed by atoms with Gasteiger partial charge in [0.25, 0.3) is 0 Å². The van der Waals surface area contributed by atoms with E-state index in [0.717, 1.165) is 6.54 Å². The Morgan fingerprint density at radius 3 is 3.11 bits per heavy atom. The molecule has 9 heavy (non-hydrogen) atoms. The van der Waals surface area contributed by atoms with E-state index in [4.69, 9.17) is 10.00 Å². The van der Waals surface area contributed by atoms with Gasteiger partial charge in [-0.3, -0.25) is 4.90 Å². The van der Waals surface area contributed by atoms with Gasteiger partial charge < -0.3 is 4.74 Å². The minimum absolute atomic E-state index is 0.0602. The van der Waals surface area contributed by atoms with Gasteiger partial charge in [-0.1, -0.05) is 0 Å². The number of rotatable bonds is 0. The summed E-state index contributed by atoms with van der Waals surface area (Å²) in [6, 6.07) is 2.07. The Balaban J connectivity index is 2.41. The number of hydrogen-bond acceptors (Lipinski definition) is 3. The van der Waals surface area contributed by atoms with E-state index >= 15 is 0 Å². The predicted molar refractivity (Wildman–Crippen MR) is 32.3 cm³/mol. The topological polar surface area (TPSA) is 36.3 Å². The normalized spacial score (nSPS) is 29.6. The lowest BCUT2D eigenvalue weighted by molar-refractivity contribution is 0.0724. The molecule has 1 rings (SSSR count). The third-order valence-electron chi connectivity index (χ3n) is 1.42. The van der Waals surface area contributed by atoms with Crippen molar-refractivity contribution in [3.8, 4) is 6.07 Å². The molecular formula is C6H9N2O. The van der Waals surface area contributed by atoms with Crippen LogP contribution in [0.4, 0.5) is 0 Å². The SMILES string of the molecule is CN1C[CH]OCC1C#N. The summed E-state index contributed by atoms with van der Waals surface area (Å²) < 4.78 is 4.95. The lowest BCUT2D eigenvalue weighted by Gasteiger charge is -2.26. The van der Waals surface area contributed by atoms with E-state index in [-0.39, 0.29) is 6.04 Å². The van der Waals surface area contributed by atoms with Crippen molar-refractivity contribution in [2.24, 2.45) is 0 Å². The largest absolute Gasteiger partial charge is 0.371 e. The van der Waals surface area contributed by atoms with Crippen LogP contribution >= 0.6 is 0 Å². The summed E-state index contributed by atoms with van der Waals surface area (Å²) >= 11 is 0. The highest BCUT2D eigenvalue weighted by Gasteiger charge is 2.17. The van der Waals surface area contributed by atoms with Gasteiger partial charge in [-0.25, -0.2) is 0 Å². The molecule has 0 bridgehead atoms. The molecule has 0 saturated carbocycles. The fraction of sp³-hybridized carbons (Fsp3) is 0.667. The molecule has 0 aliphatic carbocycles. The molecule has 1 aliphatic heterocycles. The van der Waals surface area contributed by atoms with E-state index < -0.39 is 0 Å². The number of morpholine rings is 1. The van der Waals surface area contributed by atoms with Crippen molar-refractivity contribution in [2.75, 3.05) is 20.2 Å². The second-order valence-corrected chi connectivity index (χ2v) is 2.08. The van der Waals surface area contributed by atoms with E-state index in [2.05, 4.69) is 6.07 Å². The van der Waals surface area contributed by atoms with Gasteiger partial charge in [-0.15, -0.1) is 0 Å². The van der Waals surface area contributed by atoms with Gasteiger partial charge in [0.2, 0.25) is 0 Å². The molecule has 1 fully saturated rings. The molecule has 0 aromatic heterocycles. The first kappa shape index (κ1) is 6.53. The molecular weight excluding hydrogens is 116 g/mol. The Labute approximate surface area is 54.8 Å². The molecule has 3 nitrogen and oxygen atoms in total. The third kappa shape index (κ3) is 1.41. The maximum absolute atomic E-state index is 8.48. The monoisotopic (exact) mass is 125 g/mol. The van der Waals surface area contributed by atoms with Gasteiger partial charge in [0.1, 0.15) is 6.04 Å². The van der Waals surface area contributed by atoms with Crippen molar-refractivity contribution < 1.29 is 4.74 Å². The van der Waals surface area contributed by atoms with Crippen LogP contribution in [0.1, 0.15) is 0 Å². The lowest BCUT2D eigenvalue weighted by atomic mass is 10.3. The summed E-state index contributed by atoms with van der Waals surface area (Å²) in [5.41, 5.74) is 0. The average Bonchev–Trinajstić information content (AvgIpc) is 1.89. The van der Waals surface area contributed by atoms with E-state index in [9.17, 15) is 0 Å². The Morgan fingerprint density at radius 1 is 1.89 bits per heavy atom. The zero-order chi connectivity index (χ0) is 6.69. The quantitative estimate of drug-likeness (QED) is 0.457. The number of hydrogen-bond donors (Lipinski definition) is 0. The number of nitrogens with zero attached hydrogens (tertiary/aromatic N) is 2. The van der Waals surface area contributed by atoms with Crippen molar-refractivity contribution in [1.29, 1.82) is 5.26 Å². The summed E-state index contributed by atoms with van der Waals surface area (Å²) in [5, 5.41) is 8.48. The number of likely N-dealkylation sites (N-methyl/N-ethyl adjacent to an activating group) is 1. The molecule has 1 aliphatic rings. The van der Waals surface area contributed by atoms with Crippen LogP contribution in [-0.4, -0.2) is 31.1 Å². The van der Waals surface area contributed by atoms with Crippen molar-refractivity contribution >= 4 is 0 Å². The number of nitriles is 1. The molecule has 49 valence electrons. The van der Waals surface area contributed by atoms with Crippen molar-refractivity contribution in [3.63, 3.8) is 0 Å². The predicted octanol–water partition coefficient (Wildman–Crippen LogP) is 0.00237. The maximum Gasteiger partial charge on any atom is 0.121 e. The Morgan fingerprint density at radius 2 is 2.67 bits per heavy atom. The molecule has 1 saturated heterocycles. The zero-order valence-electron chi connectivity index (χ0n) is 5.37. The van der Waals surface area contributed by atoms with Crippen molar-refractivity contribution in [1.82, 2.24) is 4.90 Å². The average molecular weight is 125 g/mol. The third-order valence-corrected chi connectivity index (χ3v) is 1.42. The molecule has 0 amide bonds. The van der Waals surface area contributed by atoms with Gasteiger partial charge in [-0.05, 0) is 7.05 Å². The minimum Gasteiger partial charge on any atom is -0.371 e. The highest BCUT2D eigenvalue weighted by atomic mass is 16.5. The smallest absolute Gasteiger partial charge is 0.121 e. The van der Waals surface area contributed by atoms with Crippen LogP contribution in [0.2, 0.25) is 0 Å². The molecule has 0 spiro atoms. The molecule has 1 radical (unpaired) electrons. The van der Waals surface area contributed by atoms with E-state index in [1.165, 1.54) is 0 Å². The first-order valence-corrected chi connectivity index (χ1v) is 2.87. The standard InChI is InChI=1S/C6H9N2O/c1-8-2-3-9-5-6(8)4-7/h3,6H,2,5H2,1H3. The summed E-state index contributed by atoms with van der Waals surface area (Å²) in [7, 11) is 1.91. The van der Waals surface area contributed by atoms with E-state index in [1.807, 2.05) is 11.9 Å².